The molecule has 4 rings (SSSR count). The van der Waals surface area contributed by atoms with Gasteiger partial charge < -0.3 is 13.9 Å². The molecule has 0 unspecified atom stereocenters. The molecule has 0 saturated carbocycles. The summed E-state index contributed by atoms with van der Waals surface area (Å²) in [5, 5.41) is 25.2. The fourth-order valence-corrected chi connectivity index (χ4v) is 3.22. The van der Waals surface area contributed by atoms with Crippen molar-refractivity contribution in [2.75, 3.05) is 6.61 Å². The van der Waals surface area contributed by atoms with Crippen LogP contribution in [0.15, 0.2) is 45.2 Å². The van der Waals surface area contributed by atoms with Gasteiger partial charge in [0.1, 0.15) is 6.61 Å². The van der Waals surface area contributed by atoms with Crippen molar-refractivity contribution in [3.05, 3.63) is 69.4 Å². The highest BCUT2D eigenvalue weighted by atomic mass is 35.5. The van der Waals surface area contributed by atoms with E-state index in [9.17, 15) is 4.79 Å². The number of carbonyl (C=O) groups is 1. The van der Waals surface area contributed by atoms with Crippen molar-refractivity contribution in [3.63, 3.8) is 0 Å². The average Bonchev–Trinajstić information content (AvgIpc) is 3.57. The molecule has 0 spiro atoms. The largest absolute Gasteiger partial charge is 0.421 e. The van der Waals surface area contributed by atoms with Crippen LogP contribution in [0.25, 0.3) is 22.9 Å². The van der Waals surface area contributed by atoms with Gasteiger partial charge in [-0.2, -0.15) is 0 Å². The number of aldehydes is 1. The minimum absolute atomic E-state index is 0.193. The number of nitrogens with zero attached hydrogens (tertiary/aromatic N) is 4. The van der Waals surface area contributed by atoms with E-state index in [1.54, 1.807) is 36.4 Å². The molecule has 0 fully saturated rings. The van der Waals surface area contributed by atoms with Gasteiger partial charge in [0, 0.05) is 35.1 Å². The first-order chi connectivity index (χ1) is 17.5. The van der Waals surface area contributed by atoms with Crippen molar-refractivity contribution in [3.8, 4) is 46.6 Å². The Morgan fingerprint density at radius 1 is 0.833 bits per heavy atom. The first-order valence-electron chi connectivity index (χ1n) is 10.8. The zero-order chi connectivity index (χ0) is 25.9. The van der Waals surface area contributed by atoms with Crippen LogP contribution in [-0.4, -0.2) is 38.4 Å². The molecule has 8 nitrogen and oxygen atoms in total. The molecule has 36 heavy (non-hydrogen) atoms. The number of carbonyl (C=O) groups excluding carboxylic acids is 1. The van der Waals surface area contributed by atoms with E-state index in [4.69, 9.17) is 37.1 Å². The third-order valence-corrected chi connectivity index (χ3v) is 5.16. The molecular weight excluding hydrogens is 503 g/mol. The molecule has 4 aromatic rings. The van der Waals surface area contributed by atoms with E-state index in [-0.39, 0.29) is 6.61 Å². The number of aliphatic hydroxyl groups is 1. The van der Waals surface area contributed by atoms with Crippen LogP contribution in [0, 0.1) is 23.7 Å². The minimum Gasteiger partial charge on any atom is -0.421 e. The van der Waals surface area contributed by atoms with Crippen molar-refractivity contribution < 1.29 is 18.7 Å². The van der Waals surface area contributed by atoms with Gasteiger partial charge in [-0.15, -0.1) is 20.4 Å². The van der Waals surface area contributed by atoms with Crippen molar-refractivity contribution in [1.82, 2.24) is 20.4 Å². The Hall–Kier alpha value is -3.95. The molecule has 1 N–H and O–H groups in total. The first-order valence-corrected chi connectivity index (χ1v) is 11.5. The van der Waals surface area contributed by atoms with Crippen LogP contribution in [-0.2, 0) is 17.6 Å². The molecule has 0 aliphatic rings. The lowest BCUT2D eigenvalue weighted by Crippen LogP contribution is -1.83. The molecule has 0 aliphatic carbocycles. The van der Waals surface area contributed by atoms with Crippen LogP contribution in [0.1, 0.15) is 36.8 Å². The molecule has 2 aromatic heterocycles. The molecule has 0 saturated heterocycles. The highest BCUT2D eigenvalue weighted by Gasteiger charge is 2.10. The third-order valence-electron chi connectivity index (χ3n) is 4.54. The van der Waals surface area contributed by atoms with Gasteiger partial charge in [-0.1, -0.05) is 54.8 Å². The van der Waals surface area contributed by atoms with Gasteiger partial charge in [0.15, 0.2) is 6.29 Å². The van der Waals surface area contributed by atoms with Crippen LogP contribution in [0.3, 0.4) is 0 Å². The van der Waals surface area contributed by atoms with E-state index in [1.165, 1.54) is 0 Å². The standard InChI is InChI=1S/C13H11ClN2O2.C13H9ClN2O2/c2*1-2-12-15-16-13(18-12)10-6-5-9(4-3-7-17)11(14)8-10/h5-6,8,17H,2,7H2,1H3;5-8H,2H2,1H3. The summed E-state index contributed by atoms with van der Waals surface area (Å²) < 4.78 is 10.9. The molecule has 2 heterocycles. The molecule has 0 atom stereocenters. The maximum atomic E-state index is 10.2. The zero-order valence-corrected chi connectivity index (χ0v) is 20.9. The Kier molecular flexibility index (Phi) is 9.79. The summed E-state index contributed by atoms with van der Waals surface area (Å²) in [6, 6.07) is 10.5. The van der Waals surface area contributed by atoms with E-state index in [0.717, 1.165) is 11.1 Å². The zero-order valence-electron chi connectivity index (χ0n) is 19.4. The Morgan fingerprint density at radius 2 is 1.33 bits per heavy atom. The first kappa shape index (κ1) is 26.7. The quantitative estimate of drug-likeness (QED) is 0.300. The van der Waals surface area contributed by atoms with E-state index in [0.29, 0.717) is 63.9 Å². The van der Waals surface area contributed by atoms with Crippen LogP contribution in [0.2, 0.25) is 10.0 Å². The summed E-state index contributed by atoms with van der Waals surface area (Å²) in [7, 11) is 0. The van der Waals surface area contributed by atoms with E-state index in [2.05, 4.69) is 44.1 Å². The maximum Gasteiger partial charge on any atom is 0.247 e. The van der Waals surface area contributed by atoms with Crippen molar-refractivity contribution in [1.29, 1.82) is 0 Å². The number of aromatic nitrogens is 4. The molecule has 0 radical (unpaired) electrons. The lowest BCUT2D eigenvalue weighted by atomic mass is 10.1. The smallest absolute Gasteiger partial charge is 0.247 e. The normalized spacial score (nSPS) is 9.81. The third kappa shape index (κ3) is 7.03. The highest BCUT2D eigenvalue weighted by Crippen LogP contribution is 2.25. The summed E-state index contributed by atoms with van der Waals surface area (Å²) in [4.78, 5) is 10.2. The number of hydrogen-bond donors (Lipinski definition) is 1. The Labute approximate surface area is 217 Å². The Balaban J connectivity index is 0.000000201. The van der Waals surface area contributed by atoms with Crippen LogP contribution in [0.4, 0.5) is 0 Å². The fourth-order valence-electron chi connectivity index (χ4n) is 2.77. The predicted molar refractivity (Wildman–Crippen MR) is 135 cm³/mol. The van der Waals surface area contributed by atoms with Gasteiger partial charge >= 0.3 is 0 Å². The van der Waals surface area contributed by atoms with Gasteiger partial charge in [-0.3, -0.25) is 4.79 Å². The Bertz CT molecular complexity index is 1470. The molecule has 10 heteroatoms. The number of benzene rings is 2. The van der Waals surface area contributed by atoms with Crippen LogP contribution in [0.5, 0.6) is 0 Å². The minimum atomic E-state index is -0.193. The summed E-state index contributed by atoms with van der Waals surface area (Å²) in [6.45, 7) is 3.68. The molecule has 0 amide bonds. The Morgan fingerprint density at radius 3 is 1.72 bits per heavy atom. The number of aliphatic hydroxyl groups excluding tert-OH is 1. The average molecular weight is 523 g/mol. The molecule has 2 aromatic carbocycles. The van der Waals surface area contributed by atoms with E-state index in [1.807, 2.05) is 13.8 Å². The van der Waals surface area contributed by atoms with Crippen molar-refractivity contribution in [2.45, 2.75) is 26.7 Å². The SMILES string of the molecule is CCc1nnc(-c2ccc(C#CC=O)c(Cl)c2)o1.CCc1nnc(-c2ccc(C#CCO)c(Cl)c2)o1. The fraction of sp³-hybridized carbons (Fsp3) is 0.192. The van der Waals surface area contributed by atoms with Gasteiger partial charge in [0.2, 0.25) is 23.6 Å². The topological polar surface area (TPSA) is 115 Å². The predicted octanol–water partition coefficient (Wildman–Crippen LogP) is 4.80. The highest BCUT2D eigenvalue weighted by molar-refractivity contribution is 6.32. The summed E-state index contributed by atoms with van der Waals surface area (Å²) >= 11 is 12.1. The number of hydrogen-bond acceptors (Lipinski definition) is 8. The number of halogens is 2. The molecular formula is C26H20Cl2N4O4. The number of aryl methyl sites for hydroxylation is 2. The number of rotatable bonds is 4. The van der Waals surface area contributed by atoms with Gasteiger partial charge in [0.25, 0.3) is 0 Å². The van der Waals surface area contributed by atoms with Gasteiger partial charge in [0.05, 0.1) is 10.0 Å². The lowest BCUT2D eigenvalue weighted by Gasteiger charge is -1.98. The summed E-state index contributed by atoms with van der Waals surface area (Å²) in [5.74, 6) is 12.3. The molecule has 0 bridgehead atoms. The second-order valence-corrected chi connectivity index (χ2v) is 7.76. The summed E-state index contributed by atoms with van der Waals surface area (Å²) in [5.41, 5.74) is 2.72. The van der Waals surface area contributed by atoms with Gasteiger partial charge in [-0.05, 0) is 42.3 Å². The van der Waals surface area contributed by atoms with Crippen LogP contribution >= 0.6 is 23.2 Å². The van der Waals surface area contributed by atoms with E-state index >= 15 is 0 Å². The van der Waals surface area contributed by atoms with E-state index < -0.39 is 0 Å². The maximum absolute atomic E-state index is 10.2. The lowest BCUT2D eigenvalue weighted by molar-refractivity contribution is -0.103. The molecule has 0 aliphatic heterocycles. The van der Waals surface area contributed by atoms with Crippen molar-refractivity contribution in [2.24, 2.45) is 0 Å². The second-order valence-electron chi connectivity index (χ2n) is 6.95. The second kappa shape index (κ2) is 13.2. The molecule has 182 valence electrons. The van der Waals surface area contributed by atoms with Crippen molar-refractivity contribution >= 4 is 29.5 Å². The van der Waals surface area contributed by atoms with Crippen LogP contribution < -0.4 is 0 Å². The summed E-state index contributed by atoms with van der Waals surface area (Å²) in [6.07, 6.45) is 1.90. The monoisotopic (exact) mass is 522 g/mol. The van der Waals surface area contributed by atoms with Gasteiger partial charge in [-0.25, -0.2) is 0 Å².